The zero-order valence-corrected chi connectivity index (χ0v) is 22.0. The Balaban J connectivity index is 1.53. The van der Waals surface area contributed by atoms with Crippen LogP contribution in [0.1, 0.15) is 32.6 Å². The maximum absolute atomic E-state index is 13.1. The predicted octanol–water partition coefficient (Wildman–Crippen LogP) is 7.50. The number of hydrogen-bond donors (Lipinski definition) is 0. The van der Waals surface area contributed by atoms with Gasteiger partial charge in [-0.05, 0) is 71.3 Å². The fourth-order valence-corrected chi connectivity index (χ4v) is 3.86. The molecule has 0 aliphatic rings. The molecule has 4 aromatic rings. The summed E-state index contributed by atoms with van der Waals surface area (Å²) in [5, 5.41) is 0. The van der Waals surface area contributed by atoms with Gasteiger partial charge >= 0.3 is 0 Å². The third-order valence-electron chi connectivity index (χ3n) is 6.01. The van der Waals surface area contributed by atoms with Gasteiger partial charge in [0.25, 0.3) is 0 Å². The van der Waals surface area contributed by atoms with Crippen LogP contribution in [0, 0.1) is 5.82 Å². The summed E-state index contributed by atoms with van der Waals surface area (Å²) in [6.45, 7) is 0.350. The van der Waals surface area contributed by atoms with Gasteiger partial charge in [0.2, 0.25) is 0 Å². The summed E-state index contributed by atoms with van der Waals surface area (Å²) < 4.78 is 35.2. The molecule has 0 aliphatic heterocycles. The van der Waals surface area contributed by atoms with Gasteiger partial charge in [-0.3, -0.25) is 4.79 Å². The van der Waals surface area contributed by atoms with Crippen molar-refractivity contribution in [2.45, 2.75) is 6.61 Å². The Morgan fingerprint density at radius 3 is 2.18 bits per heavy atom. The van der Waals surface area contributed by atoms with Gasteiger partial charge in [-0.1, -0.05) is 48.6 Å². The largest absolute Gasteiger partial charge is 0.497 e. The SMILES string of the molecule is COc1cccc(C(=O)/C=C/c2c(/C=C/c3ccc(OCc4ccc(F)cc4)cc3)cc(OC)cc2OC)c1. The number of benzene rings is 4. The van der Waals surface area contributed by atoms with Crippen LogP contribution in [-0.2, 0) is 6.61 Å². The van der Waals surface area contributed by atoms with Gasteiger partial charge in [-0.2, -0.15) is 0 Å². The first-order chi connectivity index (χ1) is 19.0. The standard InChI is InChI=1S/C33H29FO5/c1-36-29-6-4-5-26(20-29)32(35)18-17-31-25(19-30(37-2)21-33(31)38-3)12-7-23-10-15-28(16-11-23)39-22-24-8-13-27(34)14-9-24/h4-21H,22H2,1-3H3/b12-7+,18-17+. The molecular weight excluding hydrogens is 495 g/mol. The van der Waals surface area contributed by atoms with E-state index < -0.39 is 0 Å². The number of methoxy groups -OCH3 is 3. The molecule has 39 heavy (non-hydrogen) atoms. The molecule has 0 aromatic heterocycles. The first kappa shape index (κ1) is 27.2. The van der Waals surface area contributed by atoms with Crippen molar-refractivity contribution in [2.75, 3.05) is 21.3 Å². The summed E-state index contributed by atoms with van der Waals surface area (Å²) in [5.74, 6) is 2.11. The number of hydrogen-bond acceptors (Lipinski definition) is 5. The molecule has 0 radical (unpaired) electrons. The summed E-state index contributed by atoms with van der Waals surface area (Å²) in [5.41, 5.74) is 3.92. The maximum atomic E-state index is 13.1. The minimum Gasteiger partial charge on any atom is -0.497 e. The lowest BCUT2D eigenvalue weighted by Crippen LogP contribution is -1.97. The second-order valence-corrected chi connectivity index (χ2v) is 8.58. The Morgan fingerprint density at radius 2 is 1.49 bits per heavy atom. The van der Waals surface area contributed by atoms with E-state index in [-0.39, 0.29) is 11.6 Å². The fraction of sp³-hybridized carbons (Fsp3) is 0.121. The topological polar surface area (TPSA) is 54.0 Å². The van der Waals surface area contributed by atoms with Crippen LogP contribution in [0.15, 0.2) is 91.0 Å². The molecular formula is C33H29FO5. The average molecular weight is 525 g/mol. The van der Waals surface area contributed by atoms with Crippen LogP contribution < -0.4 is 18.9 Å². The lowest BCUT2D eigenvalue weighted by Gasteiger charge is -2.12. The highest BCUT2D eigenvalue weighted by Gasteiger charge is 2.10. The predicted molar refractivity (Wildman–Crippen MR) is 152 cm³/mol. The van der Waals surface area contributed by atoms with E-state index in [1.54, 1.807) is 69.9 Å². The van der Waals surface area contributed by atoms with Crippen molar-refractivity contribution in [1.29, 1.82) is 0 Å². The number of ether oxygens (including phenoxy) is 4. The lowest BCUT2D eigenvalue weighted by atomic mass is 10.0. The van der Waals surface area contributed by atoms with Crippen LogP contribution in [0.5, 0.6) is 23.0 Å². The van der Waals surface area contributed by atoms with Crippen molar-refractivity contribution in [3.63, 3.8) is 0 Å². The number of halogens is 1. The van der Waals surface area contributed by atoms with Crippen molar-refractivity contribution in [2.24, 2.45) is 0 Å². The Hall–Kier alpha value is -4.84. The van der Waals surface area contributed by atoms with Crippen LogP contribution in [0.2, 0.25) is 0 Å². The van der Waals surface area contributed by atoms with Gasteiger partial charge in [-0.15, -0.1) is 0 Å². The van der Waals surface area contributed by atoms with Gasteiger partial charge in [0, 0.05) is 17.2 Å². The second-order valence-electron chi connectivity index (χ2n) is 8.58. The van der Waals surface area contributed by atoms with Crippen LogP contribution in [0.3, 0.4) is 0 Å². The van der Waals surface area contributed by atoms with E-state index in [0.717, 1.165) is 22.3 Å². The Kier molecular flexibility index (Phi) is 9.14. The van der Waals surface area contributed by atoms with Crippen LogP contribution in [0.4, 0.5) is 4.39 Å². The lowest BCUT2D eigenvalue weighted by molar-refractivity contribution is 0.104. The Bertz CT molecular complexity index is 1470. The van der Waals surface area contributed by atoms with E-state index in [2.05, 4.69) is 0 Å². The highest BCUT2D eigenvalue weighted by molar-refractivity contribution is 6.07. The normalized spacial score (nSPS) is 11.1. The molecule has 0 fully saturated rings. The number of carbonyl (C=O) groups is 1. The van der Waals surface area contributed by atoms with Crippen molar-refractivity contribution in [3.8, 4) is 23.0 Å². The molecule has 4 rings (SSSR count). The van der Waals surface area contributed by atoms with Crippen LogP contribution in [0.25, 0.3) is 18.2 Å². The molecule has 0 atom stereocenters. The second kappa shape index (κ2) is 13.1. The van der Waals surface area contributed by atoms with Gasteiger partial charge in [0.05, 0.1) is 21.3 Å². The fourth-order valence-electron chi connectivity index (χ4n) is 3.86. The minimum atomic E-state index is -0.273. The third-order valence-corrected chi connectivity index (χ3v) is 6.01. The van der Waals surface area contributed by atoms with Crippen LogP contribution in [-0.4, -0.2) is 27.1 Å². The zero-order valence-electron chi connectivity index (χ0n) is 22.0. The van der Waals surface area contributed by atoms with Gasteiger partial charge in [0.15, 0.2) is 5.78 Å². The molecule has 0 saturated heterocycles. The Morgan fingerprint density at radius 1 is 0.744 bits per heavy atom. The van der Waals surface area contributed by atoms with Crippen LogP contribution >= 0.6 is 0 Å². The molecule has 0 bridgehead atoms. The van der Waals surface area contributed by atoms with Crippen molar-refractivity contribution in [1.82, 2.24) is 0 Å². The molecule has 0 saturated carbocycles. The number of rotatable bonds is 11. The summed E-state index contributed by atoms with van der Waals surface area (Å²) in [6.07, 6.45) is 7.16. The highest BCUT2D eigenvalue weighted by atomic mass is 19.1. The van der Waals surface area contributed by atoms with E-state index >= 15 is 0 Å². The molecule has 0 amide bonds. The number of allylic oxidation sites excluding steroid dienone is 1. The van der Waals surface area contributed by atoms with E-state index in [1.165, 1.54) is 18.2 Å². The monoisotopic (exact) mass is 524 g/mol. The van der Waals surface area contributed by atoms with E-state index in [0.29, 0.717) is 35.2 Å². The maximum Gasteiger partial charge on any atom is 0.185 e. The van der Waals surface area contributed by atoms with Gasteiger partial charge in [0.1, 0.15) is 35.4 Å². The highest BCUT2D eigenvalue weighted by Crippen LogP contribution is 2.32. The van der Waals surface area contributed by atoms with E-state index in [9.17, 15) is 9.18 Å². The molecule has 5 nitrogen and oxygen atoms in total. The summed E-state index contributed by atoms with van der Waals surface area (Å²) in [4.78, 5) is 12.8. The van der Waals surface area contributed by atoms with Gasteiger partial charge in [-0.25, -0.2) is 4.39 Å². The van der Waals surface area contributed by atoms with Gasteiger partial charge < -0.3 is 18.9 Å². The zero-order chi connectivity index (χ0) is 27.6. The first-order valence-electron chi connectivity index (χ1n) is 12.3. The molecule has 0 unspecified atom stereocenters. The summed E-state index contributed by atoms with van der Waals surface area (Å²) >= 11 is 0. The minimum absolute atomic E-state index is 0.155. The number of ketones is 1. The first-order valence-corrected chi connectivity index (χ1v) is 12.3. The molecule has 0 heterocycles. The Labute approximate surface area is 227 Å². The average Bonchev–Trinajstić information content (AvgIpc) is 2.98. The summed E-state index contributed by atoms with van der Waals surface area (Å²) in [7, 11) is 4.73. The molecule has 198 valence electrons. The quantitative estimate of drug-likeness (QED) is 0.116. The molecule has 4 aromatic carbocycles. The molecule has 6 heteroatoms. The number of carbonyl (C=O) groups excluding carboxylic acids is 1. The third kappa shape index (κ3) is 7.36. The molecule has 0 spiro atoms. The summed E-state index contributed by atoms with van der Waals surface area (Å²) in [6, 6.07) is 24.5. The smallest absolute Gasteiger partial charge is 0.185 e. The van der Waals surface area contributed by atoms with Crippen molar-refractivity contribution in [3.05, 3.63) is 125 Å². The van der Waals surface area contributed by atoms with E-state index in [1.807, 2.05) is 42.5 Å². The molecule has 0 N–H and O–H groups in total. The van der Waals surface area contributed by atoms with Crippen molar-refractivity contribution >= 4 is 24.0 Å². The van der Waals surface area contributed by atoms with E-state index in [4.69, 9.17) is 18.9 Å². The van der Waals surface area contributed by atoms with Crippen molar-refractivity contribution < 1.29 is 28.1 Å². The molecule has 0 aliphatic carbocycles.